The van der Waals surface area contributed by atoms with Crippen LogP contribution in [0.2, 0.25) is 0 Å². The maximum Gasteiger partial charge on any atom is 0.295 e. The van der Waals surface area contributed by atoms with E-state index in [2.05, 4.69) is 15.9 Å². The Morgan fingerprint density at radius 1 is 1.00 bits per heavy atom. The molecule has 4 rings (SSSR count). The quantitative estimate of drug-likeness (QED) is 0.250. The third-order valence-electron chi connectivity index (χ3n) is 5.87. The summed E-state index contributed by atoms with van der Waals surface area (Å²) in [6.07, 6.45) is 0. The molecule has 1 unspecified atom stereocenters. The van der Waals surface area contributed by atoms with Gasteiger partial charge in [0.1, 0.15) is 18.1 Å². The lowest BCUT2D eigenvalue weighted by molar-refractivity contribution is -0.140. The van der Waals surface area contributed by atoms with Crippen molar-refractivity contribution in [1.29, 1.82) is 0 Å². The highest BCUT2D eigenvalue weighted by atomic mass is 79.9. The van der Waals surface area contributed by atoms with Gasteiger partial charge in [-0.2, -0.15) is 0 Å². The fourth-order valence-electron chi connectivity index (χ4n) is 4.04. The van der Waals surface area contributed by atoms with Gasteiger partial charge in [-0.25, -0.2) is 0 Å². The number of benzene rings is 3. The van der Waals surface area contributed by atoms with Gasteiger partial charge in [-0.15, -0.1) is 0 Å². The van der Waals surface area contributed by atoms with Crippen LogP contribution in [0.15, 0.2) is 88.9 Å². The Labute approximate surface area is 213 Å². The van der Waals surface area contributed by atoms with E-state index in [4.69, 9.17) is 4.74 Å². The lowest BCUT2D eigenvalue weighted by Crippen LogP contribution is -2.35. The molecule has 7 heteroatoms. The van der Waals surface area contributed by atoms with Gasteiger partial charge in [-0.1, -0.05) is 70.5 Å². The van der Waals surface area contributed by atoms with E-state index in [9.17, 15) is 14.7 Å². The number of likely N-dealkylation sites (tertiary alicyclic amines) is 1. The van der Waals surface area contributed by atoms with Crippen LogP contribution in [0.3, 0.4) is 0 Å². The summed E-state index contributed by atoms with van der Waals surface area (Å²) in [6.45, 7) is 1.31. The standard InChI is InChI=1S/C28H27BrN2O4/c1-30(2)15-16-31-25(21-9-6-10-23(17-21)35-18-19-7-4-3-5-8-19)24(27(33)28(31)34)26(32)20-11-13-22(29)14-12-20/h3-14,17,25,32H,15-16,18H2,1-2H3/b26-24-. The van der Waals surface area contributed by atoms with E-state index < -0.39 is 17.7 Å². The van der Waals surface area contributed by atoms with Gasteiger partial charge in [0, 0.05) is 23.1 Å². The molecule has 1 amide bonds. The summed E-state index contributed by atoms with van der Waals surface area (Å²) < 4.78 is 6.84. The second-order valence-corrected chi connectivity index (χ2v) is 9.57. The summed E-state index contributed by atoms with van der Waals surface area (Å²) in [5.41, 5.74) is 2.29. The summed E-state index contributed by atoms with van der Waals surface area (Å²) in [5.74, 6) is -0.882. The van der Waals surface area contributed by atoms with Crippen LogP contribution in [-0.2, 0) is 16.2 Å². The zero-order valence-corrected chi connectivity index (χ0v) is 21.2. The van der Waals surface area contributed by atoms with E-state index in [1.807, 2.05) is 73.6 Å². The minimum absolute atomic E-state index is 0.0799. The molecule has 3 aromatic carbocycles. The number of rotatable bonds is 8. The fourth-order valence-corrected chi connectivity index (χ4v) is 4.31. The van der Waals surface area contributed by atoms with Gasteiger partial charge in [-0.3, -0.25) is 9.59 Å². The number of carbonyl (C=O) groups excluding carboxylic acids is 2. The fraction of sp³-hybridized carbons (Fsp3) is 0.214. The second-order valence-electron chi connectivity index (χ2n) is 8.65. The van der Waals surface area contributed by atoms with E-state index in [1.54, 1.807) is 24.3 Å². The van der Waals surface area contributed by atoms with Gasteiger partial charge in [0.25, 0.3) is 11.7 Å². The molecule has 1 atom stereocenters. The van der Waals surface area contributed by atoms with Crippen molar-refractivity contribution in [3.63, 3.8) is 0 Å². The number of ketones is 1. The van der Waals surface area contributed by atoms with Crippen LogP contribution in [-0.4, -0.2) is 53.8 Å². The Morgan fingerprint density at radius 2 is 1.71 bits per heavy atom. The van der Waals surface area contributed by atoms with Crippen LogP contribution in [0.25, 0.3) is 5.76 Å². The zero-order chi connectivity index (χ0) is 24.9. The van der Waals surface area contributed by atoms with E-state index in [0.29, 0.717) is 36.6 Å². The molecule has 1 saturated heterocycles. The molecule has 35 heavy (non-hydrogen) atoms. The first-order valence-corrected chi connectivity index (χ1v) is 12.1. The molecular weight excluding hydrogens is 508 g/mol. The number of aliphatic hydroxyl groups is 1. The Hall–Kier alpha value is -3.42. The highest BCUT2D eigenvalue weighted by Crippen LogP contribution is 2.40. The molecule has 6 nitrogen and oxygen atoms in total. The number of ether oxygens (including phenoxy) is 1. The summed E-state index contributed by atoms with van der Waals surface area (Å²) in [6, 6.07) is 23.4. The van der Waals surface area contributed by atoms with Gasteiger partial charge in [0.05, 0.1) is 11.6 Å². The van der Waals surface area contributed by atoms with Gasteiger partial charge in [0.2, 0.25) is 0 Å². The molecule has 0 aromatic heterocycles. The molecule has 0 radical (unpaired) electrons. The monoisotopic (exact) mass is 534 g/mol. The third kappa shape index (κ3) is 5.63. The average molecular weight is 535 g/mol. The molecule has 0 aliphatic carbocycles. The van der Waals surface area contributed by atoms with Gasteiger partial charge < -0.3 is 19.6 Å². The summed E-state index contributed by atoms with van der Waals surface area (Å²) >= 11 is 3.39. The largest absolute Gasteiger partial charge is 0.507 e. The number of hydrogen-bond acceptors (Lipinski definition) is 5. The molecule has 1 N–H and O–H groups in total. The number of likely N-dealkylation sites (N-methyl/N-ethyl adjacent to an activating group) is 1. The normalized spacial score (nSPS) is 17.3. The van der Waals surface area contributed by atoms with Crippen molar-refractivity contribution in [3.05, 3.63) is 106 Å². The Morgan fingerprint density at radius 3 is 2.40 bits per heavy atom. The first-order chi connectivity index (χ1) is 16.8. The minimum atomic E-state index is -0.723. The number of carbonyl (C=O) groups is 2. The molecule has 1 aliphatic rings. The van der Waals surface area contributed by atoms with Crippen LogP contribution in [0, 0.1) is 0 Å². The zero-order valence-electron chi connectivity index (χ0n) is 19.6. The topological polar surface area (TPSA) is 70.1 Å². The van der Waals surface area contributed by atoms with Gasteiger partial charge in [0.15, 0.2) is 0 Å². The van der Waals surface area contributed by atoms with Gasteiger partial charge in [-0.05, 0) is 49.5 Å². The highest BCUT2D eigenvalue weighted by Gasteiger charge is 2.46. The van der Waals surface area contributed by atoms with Crippen molar-refractivity contribution in [2.75, 3.05) is 27.2 Å². The number of aliphatic hydroxyl groups excluding tert-OH is 1. The predicted octanol–water partition coefficient (Wildman–Crippen LogP) is 5.01. The summed E-state index contributed by atoms with van der Waals surface area (Å²) in [4.78, 5) is 29.7. The van der Waals surface area contributed by atoms with Crippen LogP contribution < -0.4 is 4.74 Å². The third-order valence-corrected chi connectivity index (χ3v) is 6.40. The molecule has 180 valence electrons. The van der Waals surface area contributed by atoms with Crippen molar-refractivity contribution >= 4 is 33.4 Å². The van der Waals surface area contributed by atoms with Crippen LogP contribution in [0.1, 0.15) is 22.7 Å². The number of amides is 1. The lowest BCUT2D eigenvalue weighted by atomic mass is 9.95. The van der Waals surface area contributed by atoms with Crippen molar-refractivity contribution in [2.24, 2.45) is 0 Å². The smallest absolute Gasteiger partial charge is 0.295 e. The average Bonchev–Trinajstić information content (AvgIpc) is 3.12. The number of hydrogen-bond donors (Lipinski definition) is 1. The van der Waals surface area contributed by atoms with E-state index in [-0.39, 0.29) is 11.3 Å². The Kier molecular flexibility index (Phi) is 7.68. The molecular formula is C28H27BrN2O4. The lowest BCUT2D eigenvalue weighted by Gasteiger charge is -2.27. The van der Waals surface area contributed by atoms with Crippen LogP contribution in [0.5, 0.6) is 5.75 Å². The maximum atomic E-state index is 13.2. The molecule has 1 aliphatic heterocycles. The first kappa shape index (κ1) is 24.7. The number of nitrogens with zero attached hydrogens (tertiary/aromatic N) is 2. The summed E-state index contributed by atoms with van der Waals surface area (Å²) in [7, 11) is 3.82. The van der Waals surface area contributed by atoms with E-state index in [1.165, 1.54) is 4.90 Å². The molecule has 1 heterocycles. The molecule has 3 aromatic rings. The maximum absolute atomic E-state index is 13.2. The van der Waals surface area contributed by atoms with Crippen LogP contribution >= 0.6 is 15.9 Å². The SMILES string of the molecule is CN(C)CCN1C(=O)C(=O)/C(=C(\O)c2ccc(Br)cc2)C1c1cccc(OCc2ccccc2)c1. The van der Waals surface area contributed by atoms with Crippen LogP contribution in [0.4, 0.5) is 0 Å². The summed E-state index contributed by atoms with van der Waals surface area (Å²) in [5, 5.41) is 11.2. The van der Waals surface area contributed by atoms with E-state index in [0.717, 1.165) is 10.0 Å². The number of Topliss-reactive ketones (excluding diaryl/α,β-unsaturated/α-hetero) is 1. The number of halogens is 1. The molecule has 1 fully saturated rings. The Balaban J connectivity index is 1.73. The van der Waals surface area contributed by atoms with Crippen molar-refractivity contribution in [1.82, 2.24) is 9.80 Å². The van der Waals surface area contributed by atoms with Crippen molar-refractivity contribution in [3.8, 4) is 5.75 Å². The molecule has 0 spiro atoms. The van der Waals surface area contributed by atoms with Gasteiger partial charge >= 0.3 is 0 Å². The highest BCUT2D eigenvalue weighted by molar-refractivity contribution is 9.10. The molecule has 0 saturated carbocycles. The first-order valence-electron chi connectivity index (χ1n) is 11.3. The second kappa shape index (κ2) is 10.9. The molecule has 0 bridgehead atoms. The Bertz CT molecular complexity index is 1240. The predicted molar refractivity (Wildman–Crippen MR) is 139 cm³/mol. The van der Waals surface area contributed by atoms with Crippen molar-refractivity contribution in [2.45, 2.75) is 12.6 Å². The van der Waals surface area contributed by atoms with E-state index >= 15 is 0 Å². The minimum Gasteiger partial charge on any atom is -0.507 e. The van der Waals surface area contributed by atoms with Crippen molar-refractivity contribution < 1.29 is 19.4 Å².